The Hall–Kier alpha value is -1.79. The van der Waals surface area contributed by atoms with Crippen molar-refractivity contribution in [1.29, 1.82) is 0 Å². The van der Waals surface area contributed by atoms with Gasteiger partial charge in [-0.05, 0) is 75.7 Å². The third-order valence-electron chi connectivity index (χ3n) is 11.5. The Morgan fingerprint density at radius 1 is 1.09 bits per heavy atom. The SMILES string of the molecule is CC1=C(C)C(=O)O[C@@H]([C@@H](C)[C@H]2CC[C@H]3[C@@H]4[C@H](O)[C@@H]5O[C@@]56CC=CC(=O)[C@]6(C)[C@H]4CC(=O)[C@]23C)C1. The van der Waals surface area contributed by atoms with E-state index in [0.29, 0.717) is 24.8 Å². The van der Waals surface area contributed by atoms with Gasteiger partial charge in [0.2, 0.25) is 0 Å². The second kappa shape index (κ2) is 6.91. The number of Topliss-reactive ketones (excluding diaryl/α,β-unsaturated/α-hetero) is 1. The Kier molecular flexibility index (Phi) is 4.60. The highest BCUT2D eigenvalue weighted by Crippen LogP contribution is 2.72. The Balaban J connectivity index is 1.35. The molecule has 0 aromatic carbocycles. The lowest BCUT2D eigenvalue weighted by Crippen LogP contribution is -2.66. The summed E-state index contributed by atoms with van der Waals surface area (Å²) in [6.45, 7) is 9.97. The van der Waals surface area contributed by atoms with E-state index in [0.717, 1.165) is 18.4 Å². The Labute approximate surface area is 201 Å². The monoisotopic (exact) mass is 468 g/mol. The second-order valence-corrected chi connectivity index (χ2v) is 12.4. The highest BCUT2D eigenvalue weighted by atomic mass is 16.6. The van der Waals surface area contributed by atoms with Gasteiger partial charge in [-0.3, -0.25) is 9.59 Å². The van der Waals surface area contributed by atoms with Gasteiger partial charge in [0.15, 0.2) is 5.78 Å². The van der Waals surface area contributed by atoms with Crippen LogP contribution in [0.2, 0.25) is 0 Å². The number of rotatable bonds is 2. The number of aliphatic hydroxyl groups is 1. The van der Waals surface area contributed by atoms with Gasteiger partial charge < -0.3 is 14.6 Å². The summed E-state index contributed by atoms with van der Waals surface area (Å²) in [7, 11) is 0. The molecule has 2 heterocycles. The minimum atomic E-state index is -0.769. The average Bonchev–Trinajstić information content (AvgIpc) is 3.42. The van der Waals surface area contributed by atoms with Gasteiger partial charge in [-0.25, -0.2) is 4.79 Å². The first kappa shape index (κ1) is 22.7. The molecule has 0 bridgehead atoms. The molecule has 0 radical (unpaired) electrons. The molecular weight excluding hydrogens is 432 g/mol. The van der Waals surface area contributed by atoms with Crippen molar-refractivity contribution < 1.29 is 29.0 Å². The van der Waals surface area contributed by atoms with Crippen molar-refractivity contribution in [2.75, 3.05) is 0 Å². The predicted octanol–water partition coefficient (Wildman–Crippen LogP) is 3.56. The molecule has 0 unspecified atom stereocenters. The molecule has 6 aliphatic rings. The highest BCUT2D eigenvalue weighted by Gasteiger charge is 2.81. The zero-order valence-corrected chi connectivity index (χ0v) is 20.8. The van der Waals surface area contributed by atoms with Crippen LogP contribution in [0.5, 0.6) is 0 Å². The molecule has 6 heteroatoms. The number of carbonyl (C=O) groups is 3. The van der Waals surface area contributed by atoms with E-state index in [2.05, 4.69) is 13.8 Å². The van der Waals surface area contributed by atoms with Gasteiger partial charge in [0.1, 0.15) is 23.6 Å². The van der Waals surface area contributed by atoms with Crippen molar-refractivity contribution in [3.63, 3.8) is 0 Å². The number of epoxide rings is 1. The molecule has 34 heavy (non-hydrogen) atoms. The number of hydrogen-bond acceptors (Lipinski definition) is 6. The molecule has 1 N–H and O–H groups in total. The maximum absolute atomic E-state index is 14.0. The lowest BCUT2D eigenvalue weighted by molar-refractivity contribution is -0.169. The van der Waals surface area contributed by atoms with E-state index in [1.165, 1.54) is 0 Å². The van der Waals surface area contributed by atoms with Gasteiger partial charge >= 0.3 is 5.97 Å². The van der Waals surface area contributed by atoms with Crippen LogP contribution in [0.4, 0.5) is 0 Å². The molecule has 4 fully saturated rings. The number of allylic oxidation sites excluding steroid dienone is 1. The summed E-state index contributed by atoms with van der Waals surface area (Å²) in [6.07, 6.45) is 5.61. The zero-order valence-electron chi connectivity index (χ0n) is 20.8. The number of cyclic esters (lactones) is 1. The highest BCUT2D eigenvalue weighted by molar-refractivity contribution is 5.99. The van der Waals surface area contributed by atoms with Crippen LogP contribution in [0.25, 0.3) is 0 Å². The number of carbonyl (C=O) groups excluding carboxylic acids is 3. The minimum absolute atomic E-state index is 0.00315. The number of aliphatic hydroxyl groups excluding tert-OH is 1. The molecule has 1 saturated heterocycles. The summed E-state index contributed by atoms with van der Waals surface area (Å²) in [5.41, 5.74) is -0.277. The molecule has 6 nitrogen and oxygen atoms in total. The van der Waals surface area contributed by atoms with E-state index in [1.807, 2.05) is 26.8 Å². The molecule has 2 aliphatic heterocycles. The maximum Gasteiger partial charge on any atom is 0.333 e. The van der Waals surface area contributed by atoms with Crippen LogP contribution in [0.15, 0.2) is 23.3 Å². The van der Waals surface area contributed by atoms with E-state index in [1.54, 1.807) is 6.08 Å². The van der Waals surface area contributed by atoms with Crippen molar-refractivity contribution in [1.82, 2.24) is 0 Å². The normalized spacial score (nSPS) is 52.4. The van der Waals surface area contributed by atoms with Crippen molar-refractivity contribution in [3.05, 3.63) is 23.3 Å². The molecule has 1 spiro atoms. The van der Waals surface area contributed by atoms with Crippen LogP contribution in [0.1, 0.15) is 66.7 Å². The number of esters is 1. The predicted molar refractivity (Wildman–Crippen MR) is 123 cm³/mol. The van der Waals surface area contributed by atoms with E-state index in [4.69, 9.17) is 9.47 Å². The molecule has 0 amide bonds. The first-order valence-corrected chi connectivity index (χ1v) is 13.0. The molecule has 11 atom stereocenters. The van der Waals surface area contributed by atoms with Crippen molar-refractivity contribution in [3.8, 4) is 0 Å². The number of ether oxygens (including phenoxy) is 2. The Bertz CT molecular complexity index is 1060. The first-order chi connectivity index (χ1) is 16.0. The number of fused-ring (bicyclic) bond motifs is 4. The van der Waals surface area contributed by atoms with Crippen molar-refractivity contribution in [2.24, 2.45) is 40.4 Å². The summed E-state index contributed by atoms with van der Waals surface area (Å²) >= 11 is 0. The van der Waals surface area contributed by atoms with Crippen molar-refractivity contribution >= 4 is 17.5 Å². The molecule has 4 aliphatic carbocycles. The molecule has 0 aromatic heterocycles. The third kappa shape index (κ3) is 2.47. The summed E-state index contributed by atoms with van der Waals surface area (Å²) in [5, 5.41) is 11.5. The summed E-state index contributed by atoms with van der Waals surface area (Å²) in [5.74, 6) is -0.262. The van der Waals surface area contributed by atoms with E-state index >= 15 is 0 Å². The van der Waals surface area contributed by atoms with E-state index in [-0.39, 0.29) is 59.3 Å². The van der Waals surface area contributed by atoms with Gasteiger partial charge in [-0.2, -0.15) is 0 Å². The standard InChI is InChI=1S/C28H36O6/c1-13-11-19(33-25(32)14(13)2)15(3)16-8-9-17-22-18(12-21(30)26(16,17)4)27(5)20(29)7-6-10-28(27)24(34-28)23(22)31/h6-7,15-19,22-24,31H,8-12H2,1-5H3/t15-,16+,17-,18-,19+,22-,23-,24-,26+,27-,28-/m0/s1. The van der Waals surface area contributed by atoms with Crippen LogP contribution in [-0.2, 0) is 23.9 Å². The van der Waals surface area contributed by atoms with Crippen LogP contribution in [0.3, 0.4) is 0 Å². The largest absolute Gasteiger partial charge is 0.458 e. The summed E-state index contributed by atoms with van der Waals surface area (Å²) < 4.78 is 12.0. The lowest BCUT2D eigenvalue weighted by atomic mass is 9.43. The fourth-order valence-corrected chi connectivity index (χ4v) is 9.15. The quantitative estimate of drug-likeness (QED) is 0.492. The summed E-state index contributed by atoms with van der Waals surface area (Å²) in [4.78, 5) is 39.7. The van der Waals surface area contributed by atoms with Crippen LogP contribution >= 0.6 is 0 Å². The van der Waals surface area contributed by atoms with E-state index < -0.39 is 22.5 Å². The second-order valence-electron chi connectivity index (χ2n) is 12.4. The lowest BCUT2D eigenvalue weighted by Gasteiger charge is -2.58. The average molecular weight is 469 g/mol. The zero-order chi connectivity index (χ0) is 24.4. The van der Waals surface area contributed by atoms with Gasteiger partial charge in [0.25, 0.3) is 0 Å². The fourth-order valence-electron chi connectivity index (χ4n) is 9.15. The van der Waals surface area contributed by atoms with Crippen LogP contribution < -0.4 is 0 Å². The van der Waals surface area contributed by atoms with Gasteiger partial charge in [0, 0.05) is 23.8 Å². The van der Waals surface area contributed by atoms with Gasteiger partial charge in [0.05, 0.1) is 11.5 Å². The maximum atomic E-state index is 14.0. The Morgan fingerprint density at radius 2 is 1.82 bits per heavy atom. The molecule has 0 aromatic rings. The summed E-state index contributed by atoms with van der Waals surface area (Å²) in [6, 6.07) is 0. The van der Waals surface area contributed by atoms with Crippen LogP contribution in [-0.4, -0.2) is 46.6 Å². The first-order valence-electron chi connectivity index (χ1n) is 13.0. The van der Waals surface area contributed by atoms with Gasteiger partial charge in [-0.1, -0.05) is 25.5 Å². The molecule has 3 saturated carbocycles. The minimum Gasteiger partial charge on any atom is -0.458 e. The molecule has 6 rings (SSSR count). The number of ketones is 2. The van der Waals surface area contributed by atoms with Crippen molar-refractivity contribution in [2.45, 2.75) is 90.6 Å². The third-order valence-corrected chi connectivity index (χ3v) is 11.5. The molecular formula is C28H36O6. The topological polar surface area (TPSA) is 93.2 Å². The number of hydrogen-bond donors (Lipinski definition) is 1. The Morgan fingerprint density at radius 3 is 2.53 bits per heavy atom. The van der Waals surface area contributed by atoms with E-state index in [9.17, 15) is 19.5 Å². The fraction of sp³-hybridized carbons (Fsp3) is 0.750. The molecule has 184 valence electrons. The van der Waals surface area contributed by atoms with Crippen LogP contribution in [0, 0.1) is 40.4 Å². The van der Waals surface area contributed by atoms with Gasteiger partial charge in [-0.15, -0.1) is 0 Å². The smallest absolute Gasteiger partial charge is 0.333 e.